The van der Waals surface area contributed by atoms with Crippen LogP contribution in [0.3, 0.4) is 0 Å². The molecule has 202 valence electrons. The minimum absolute atomic E-state index is 0.0705. The second-order valence-electron chi connectivity index (χ2n) is 8.92. The van der Waals surface area contributed by atoms with Crippen molar-refractivity contribution in [3.63, 3.8) is 0 Å². The fourth-order valence-corrected chi connectivity index (χ4v) is 5.56. The quantitative estimate of drug-likeness (QED) is 0.352. The lowest BCUT2D eigenvalue weighted by atomic mass is 10.1. The first-order valence-corrected chi connectivity index (χ1v) is 12.7. The van der Waals surface area contributed by atoms with Gasteiger partial charge in [-0.15, -0.1) is 0 Å². The van der Waals surface area contributed by atoms with Crippen LogP contribution in [-0.4, -0.2) is 71.3 Å². The van der Waals surface area contributed by atoms with E-state index < -0.39 is 50.2 Å². The Kier molecular flexibility index (Phi) is 11.3. The standard InChI is InChI=1S/C22H38N3O7P.CH4O/c1-12(2)25(13(3)4)33(31-16(7)15(6)21(27)29-9)32-18-10-19(30-17(18)8)24-11-14(5)20(26)23-22(24)28;1-2/h11-13,15-19H,10H2,1-9H3,(H,23,26,28);2H,1H3/t15?,16?,17-,18?,19-,33?;/m1./s1/i8D;2T. The molecular formula is C23H42N3O8P. The highest BCUT2D eigenvalue weighted by Crippen LogP contribution is 2.51. The lowest BCUT2D eigenvalue weighted by Gasteiger charge is -2.39. The number of carbonyl (C=O) groups excluding carboxylic acids is 1. The summed E-state index contributed by atoms with van der Waals surface area (Å²) in [5, 5.41) is 3.50. The van der Waals surface area contributed by atoms with E-state index in [4.69, 9.17) is 21.3 Å². The number of rotatable bonds is 10. The topological polar surface area (TPSA) is 132 Å². The summed E-state index contributed by atoms with van der Waals surface area (Å²) in [4.78, 5) is 38.5. The van der Waals surface area contributed by atoms with Crippen LogP contribution >= 0.6 is 8.53 Å². The van der Waals surface area contributed by atoms with E-state index in [1.807, 2.05) is 27.7 Å². The number of aromatic nitrogens is 2. The molecular weight excluding hydrogens is 477 g/mol. The highest BCUT2D eigenvalue weighted by molar-refractivity contribution is 7.44. The Labute approximate surface area is 211 Å². The molecule has 2 N–H and O–H groups in total. The van der Waals surface area contributed by atoms with Crippen LogP contribution in [0.1, 0.15) is 68.0 Å². The summed E-state index contributed by atoms with van der Waals surface area (Å²) in [5.74, 6) is -0.869. The van der Waals surface area contributed by atoms with Gasteiger partial charge in [0, 0.05) is 38.7 Å². The van der Waals surface area contributed by atoms with Crippen molar-refractivity contribution in [1.29, 1.82) is 1.43 Å². The molecule has 2 heterocycles. The van der Waals surface area contributed by atoms with E-state index in [1.54, 1.807) is 20.8 Å². The second kappa shape index (κ2) is 14.2. The van der Waals surface area contributed by atoms with Crippen molar-refractivity contribution >= 4 is 14.5 Å². The highest BCUT2D eigenvalue weighted by atomic mass is 31.2. The molecule has 1 aliphatic rings. The molecule has 0 spiro atoms. The van der Waals surface area contributed by atoms with Crippen molar-refractivity contribution in [3.8, 4) is 0 Å². The largest absolute Gasteiger partial charge is 0.469 e. The van der Waals surface area contributed by atoms with E-state index in [2.05, 4.69) is 14.8 Å². The Hall–Kier alpha value is -1.62. The first kappa shape index (κ1) is 28.0. The molecule has 4 unspecified atom stereocenters. The average molecular weight is 523 g/mol. The lowest BCUT2D eigenvalue weighted by molar-refractivity contribution is -0.147. The van der Waals surface area contributed by atoms with Crippen LogP contribution in [0.4, 0.5) is 0 Å². The average Bonchev–Trinajstić information content (AvgIpc) is 3.22. The van der Waals surface area contributed by atoms with Crippen molar-refractivity contribution in [3.05, 3.63) is 32.6 Å². The zero-order valence-electron chi connectivity index (χ0n) is 24.1. The Morgan fingerprint density at radius 3 is 2.46 bits per heavy atom. The first-order chi connectivity index (χ1) is 17.3. The molecule has 35 heavy (non-hydrogen) atoms. The Morgan fingerprint density at radius 1 is 1.34 bits per heavy atom. The highest BCUT2D eigenvalue weighted by Gasteiger charge is 2.40. The third kappa shape index (κ3) is 8.20. The van der Waals surface area contributed by atoms with E-state index in [0.717, 1.165) is 0 Å². The number of hydrogen-bond acceptors (Lipinski definition) is 9. The minimum atomic E-state index is -1.64. The molecule has 1 saturated heterocycles. The maximum Gasteiger partial charge on any atom is 0.330 e. The smallest absolute Gasteiger partial charge is 0.330 e. The molecule has 12 heteroatoms. The van der Waals surface area contributed by atoms with Crippen molar-refractivity contribution in [1.82, 2.24) is 14.2 Å². The molecule has 2 rings (SSSR count). The van der Waals surface area contributed by atoms with Gasteiger partial charge in [-0.05, 0) is 55.4 Å². The first-order valence-electron chi connectivity index (χ1n) is 12.7. The number of nitrogens with one attached hydrogen (secondary N) is 1. The number of aliphatic hydroxyl groups is 1. The second-order valence-corrected chi connectivity index (χ2v) is 10.3. The molecule has 0 aliphatic carbocycles. The van der Waals surface area contributed by atoms with Crippen LogP contribution in [0, 0.1) is 12.8 Å². The Morgan fingerprint density at radius 2 is 1.94 bits per heavy atom. The normalized spacial score (nSPS) is 23.4. The van der Waals surface area contributed by atoms with Crippen LogP contribution in [0.15, 0.2) is 15.8 Å². The SMILES string of the molecule is [2H]C[C@H]1O[C@@H](n2cc(C)c(=O)[nH]c2=O)CC1OP(OC(C)C(C)C(=O)OC)N(C(C)C)C(C)C.[3H]OC. The fraction of sp³-hybridized carbons (Fsp3) is 0.783. The lowest BCUT2D eigenvalue weighted by Crippen LogP contribution is -2.37. The van der Waals surface area contributed by atoms with Gasteiger partial charge in [0.2, 0.25) is 1.43 Å². The van der Waals surface area contributed by atoms with Gasteiger partial charge in [-0.1, -0.05) is 0 Å². The van der Waals surface area contributed by atoms with Gasteiger partial charge in [-0.3, -0.25) is 19.1 Å². The monoisotopic (exact) mass is 522 g/mol. The molecule has 1 fully saturated rings. The summed E-state index contributed by atoms with van der Waals surface area (Å²) in [5.41, 5.74) is -0.633. The van der Waals surface area contributed by atoms with Gasteiger partial charge in [0.05, 0.1) is 31.3 Å². The van der Waals surface area contributed by atoms with Gasteiger partial charge in [0.1, 0.15) is 6.23 Å². The number of methoxy groups -OCH3 is 1. The van der Waals surface area contributed by atoms with Gasteiger partial charge in [0.15, 0.2) is 0 Å². The zero-order valence-corrected chi connectivity index (χ0v) is 23.0. The van der Waals surface area contributed by atoms with Gasteiger partial charge < -0.3 is 23.6 Å². The van der Waals surface area contributed by atoms with E-state index in [9.17, 15) is 14.4 Å². The molecule has 0 amide bonds. The number of hydrogen-bond donors (Lipinski definition) is 2. The molecule has 1 aliphatic heterocycles. The van der Waals surface area contributed by atoms with Gasteiger partial charge >= 0.3 is 11.7 Å². The number of nitrogens with zero attached hydrogens (tertiary/aromatic N) is 2. The minimum Gasteiger partial charge on any atom is -0.469 e. The maximum absolute atomic E-state index is 12.4. The molecule has 0 aromatic carbocycles. The molecule has 1 aromatic heterocycles. The number of H-pyrrole nitrogens is 1. The van der Waals surface area contributed by atoms with Crippen LogP contribution in [-0.2, 0) is 23.3 Å². The van der Waals surface area contributed by atoms with Crippen LogP contribution in [0.5, 0.6) is 0 Å². The van der Waals surface area contributed by atoms with E-state index in [0.29, 0.717) is 12.0 Å². The summed E-state index contributed by atoms with van der Waals surface area (Å²) in [6.07, 6.45) is -0.500. The number of carbonyl (C=O) groups is 1. The number of aliphatic hydroxyl groups excluding tert-OH is 1. The number of aromatic amines is 1. The summed E-state index contributed by atoms with van der Waals surface area (Å²) in [6.45, 7) is 13.2. The molecule has 0 bridgehead atoms. The molecule has 1 aromatic rings. The number of esters is 1. The Bertz CT molecular complexity index is 953. The maximum atomic E-state index is 12.4. The summed E-state index contributed by atoms with van der Waals surface area (Å²) < 4.78 is 40.7. The molecule has 0 saturated carbocycles. The van der Waals surface area contributed by atoms with Crippen LogP contribution in [0.2, 0.25) is 0 Å². The van der Waals surface area contributed by atoms with Gasteiger partial charge in [-0.2, -0.15) is 0 Å². The summed E-state index contributed by atoms with van der Waals surface area (Å²) >= 11 is 0. The van der Waals surface area contributed by atoms with Crippen molar-refractivity contribution in [2.75, 3.05) is 14.2 Å². The predicted octanol–water partition coefficient (Wildman–Crippen LogP) is 2.71. The molecule has 0 radical (unpaired) electrons. The Balaban J connectivity index is 0.00000217. The van der Waals surface area contributed by atoms with Crippen molar-refractivity contribution < 1.29 is 29.8 Å². The third-order valence-electron chi connectivity index (χ3n) is 5.64. The van der Waals surface area contributed by atoms with Crippen LogP contribution in [0.25, 0.3) is 0 Å². The molecule has 6 atom stereocenters. The third-order valence-corrected chi connectivity index (χ3v) is 7.91. The van der Waals surface area contributed by atoms with Gasteiger partial charge in [0.25, 0.3) is 14.1 Å². The summed E-state index contributed by atoms with van der Waals surface area (Å²) in [7, 11) is 0.996. The van der Waals surface area contributed by atoms with Crippen LogP contribution < -0.4 is 11.2 Å². The van der Waals surface area contributed by atoms with Crippen molar-refractivity contribution in [2.45, 2.75) is 98.4 Å². The zero-order chi connectivity index (χ0) is 28.4. The number of ether oxygens (including phenoxy) is 2. The summed E-state index contributed by atoms with van der Waals surface area (Å²) in [6, 6.07) is 0.174. The van der Waals surface area contributed by atoms with Gasteiger partial charge in [-0.25, -0.2) is 9.46 Å². The number of aryl methyl sites for hydroxylation is 1. The molecule has 11 nitrogen and oxygen atoms in total. The van der Waals surface area contributed by atoms with Crippen molar-refractivity contribution in [2.24, 2.45) is 5.92 Å². The van der Waals surface area contributed by atoms with E-state index in [1.165, 1.54) is 25.0 Å². The predicted molar refractivity (Wildman–Crippen MR) is 134 cm³/mol. The van der Waals surface area contributed by atoms with E-state index >= 15 is 0 Å². The fourth-order valence-electron chi connectivity index (χ4n) is 3.62. The van der Waals surface area contributed by atoms with E-state index in [-0.39, 0.29) is 25.0 Å².